The highest BCUT2D eigenvalue weighted by atomic mass is 16.1. The Kier molecular flexibility index (Phi) is 54.3. The summed E-state index contributed by atoms with van der Waals surface area (Å²) in [6, 6.07) is 0. The van der Waals surface area contributed by atoms with E-state index in [-0.39, 0.29) is 0 Å². The van der Waals surface area contributed by atoms with Gasteiger partial charge in [0, 0.05) is 5.92 Å². The zero-order valence-electron chi connectivity index (χ0n) is 40.8. The molecule has 1 unspecified atom stereocenters. The van der Waals surface area contributed by atoms with Gasteiger partial charge in [0.05, 0.1) is 0 Å². The molecule has 0 aliphatic rings. The van der Waals surface area contributed by atoms with Crippen molar-refractivity contribution in [3.05, 3.63) is 0 Å². The number of carbonyl (C=O) groups is 1. The highest BCUT2D eigenvalue weighted by Gasteiger charge is 2.06. The zero-order valence-corrected chi connectivity index (χ0v) is 40.8. The quantitative estimate of drug-likeness (QED) is 0.0489. The summed E-state index contributed by atoms with van der Waals surface area (Å²) in [7, 11) is 0. The van der Waals surface area contributed by atoms with Crippen LogP contribution in [0.2, 0.25) is 0 Å². The second kappa shape index (κ2) is 54.6. The van der Waals surface area contributed by atoms with E-state index in [0.29, 0.717) is 5.92 Å². The minimum Gasteiger partial charge on any atom is -0.317 e. The molecule has 0 heterocycles. The van der Waals surface area contributed by atoms with Gasteiger partial charge in [-0.3, -0.25) is 0 Å². The first-order valence-electron chi connectivity index (χ1n) is 28.0. The molecule has 1 atom stereocenters. The Hall–Kier alpha value is -0.370. The highest BCUT2D eigenvalue weighted by Crippen LogP contribution is 2.19. The van der Waals surface area contributed by atoms with Gasteiger partial charge in [-0.05, 0) is 38.8 Å². The molecule has 0 aromatic heterocycles. The number of aldehydes is 1. The number of carbonyl (C=O) groups excluding carboxylic acids is 1. The highest BCUT2D eigenvalue weighted by molar-refractivity contribution is 5.53. The van der Waals surface area contributed by atoms with Crippen molar-refractivity contribution < 1.29 is 4.79 Å². The Bertz CT molecular complexity index is 707. The maximum atomic E-state index is 11.2. The monoisotopic (exact) mass is 816 g/mol. The molecule has 0 aliphatic carbocycles. The van der Waals surface area contributed by atoms with Gasteiger partial charge in [0.1, 0.15) is 6.29 Å². The van der Waals surface area contributed by atoms with Crippen molar-refractivity contribution in [1.82, 2.24) is 5.32 Å². The smallest absolute Gasteiger partial charge is 0.123 e. The SMILES string of the molecule is CCCCCCCCCCCCCCCCCCCCCNCCCCCCCCCCCCCCCCCCCCCCCCCCCCCC(C=O)CCCC. The molecule has 58 heavy (non-hydrogen) atoms. The number of hydrogen-bond donors (Lipinski definition) is 1. The molecule has 0 amide bonds. The van der Waals surface area contributed by atoms with Crippen LogP contribution in [0.5, 0.6) is 0 Å². The Morgan fingerprint density at radius 2 is 0.448 bits per heavy atom. The zero-order chi connectivity index (χ0) is 41.8. The molecule has 0 aliphatic heterocycles. The first kappa shape index (κ1) is 57.6. The summed E-state index contributed by atoms with van der Waals surface area (Å²) in [5.41, 5.74) is 0. The Morgan fingerprint density at radius 3 is 0.672 bits per heavy atom. The van der Waals surface area contributed by atoms with Crippen LogP contribution in [0.15, 0.2) is 0 Å². The average molecular weight is 817 g/mol. The van der Waals surface area contributed by atoms with Crippen LogP contribution < -0.4 is 5.32 Å². The molecule has 0 radical (unpaired) electrons. The topological polar surface area (TPSA) is 29.1 Å². The maximum Gasteiger partial charge on any atom is 0.123 e. The molecular weight excluding hydrogens is 703 g/mol. The van der Waals surface area contributed by atoms with Crippen molar-refractivity contribution in [2.75, 3.05) is 13.1 Å². The Morgan fingerprint density at radius 1 is 0.259 bits per heavy atom. The van der Waals surface area contributed by atoms with Gasteiger partial charge in [0.25, 0.3) is 0 Å². The van der Waals surface area contributed by atoms with Crippen molar-refractivity contribution in [1.29, 1.82) is 0 Å². The van der Waals surface area contributed by atoms with Gasteiger partial charge in [-0.15, -0.1) is 0 Å². The standard InChI is InChI=1S/C56H113NO/c1-3-5-7-8-9-10-11-12-13-14-25-28-31-34-37-40-43-46-49-53-57-54-50-47-44-41-38-35-32-29-26-23-21-19-17-15-16-18-20-22-24-27-30-33-36-39-42-45-48-52-56(55-58)51-6-4-2/h55-57H,3-54H2,1-2H3. The first-order chi connectivity index (χ1) is 28.8. The largest absolute Gasteiger partial charge is 0.317 e. The second-order valence-electron chi connectivity index (χ2n) is 19.5. The fourth-order valence-corrected chi connectivity index (χ4v) is 9.28. The van der Waals surface area contributed by atoms with Crippen LogP contribution in [0, 0.1) is 5.92 Å². The van der Waals surface area contributed by atoms with Crippen LogP contribution in [0.4, 0.5) is 0 Å². The Balaban J connectivity index is 3.09. The van der Waals surface area contributed by atoms with Gasteiger partial charge >= 0.3 is 0 Å². The van der Waals surface area contributed by atoms with Gasteiger partial charge in [0.2, 0.25) is 0 Å². The lowest BCUT2D eigenvalue weighted by Gasteiger charge is -2.09. The van der Waals surface area contributed by atoms with Crippen molar-refractivity contribution >= 4 is 6.29 Å². The van der Waals surface area contributed by atoms with E-state index in [4.69, 9.17) is 0 Å². The summed E-state index contributed by atoms with van der Waals surface area (Å²) >= 11 is 0. The molecule has 1 N–H and O–H groups in total. The molecule has 0 rings (SSSR count). The lowest BCUT2D eigenvalue weighted by atomic mass is 9.96. The van der Waals surface area contributed by atoms with Crippen molar-refractivity contribution in [3.63, 3.8) is 0 Å². The van der Waals surface area contributed by atoms with Gasteiger partial charge in [-0.1, -0.05) is 309 Å². The third-order valence-electron chi connectivity index (χ3n) is 13.5. The lowest BCUT2D eigenvalue weighted by Crippen LogP contribution is -2.16. The fraction of sp³-hybridized carbons (Fsp3) is 0.982. The van der Waals surface area contributed by atoms with Crippen LogP contribution in [0.3, 0.4) is 0 Å². The number of unbranched alkanes of at least 4 members (excludes halogenated alkanes) is 45. The van der Waals surface area contributed by atoms with Gasteiger partial charge in [-0.2, -0.15) is 0 Å². The van der Waals surface area contributed by atoms with Crippen LogP contribution in [0.1, 0.15) is 335 Å². The molecular formula is C56H113NO. The Labute approximate surface area is 369 Å². The van der Waals surface area contributed by atoms with E-state index in [1.807, 2.05) is 0 Å². The van der Waals surface area contributed by atoms with Crippen molar-refractivity contribution in [3.8, 4) is 0 Å². The molecule has 0 aromatic carbocycles. The minimum absolute atomic E-state index is 0.334. The average Bonchev–Trinajstić information content (AvgIpc) is 3.24. The summed E-state index contributed by atoms with van der Waals surface area (Å²) in [5.74, 6) is 0.334. The predicted molar refractivity (Wildman–Crippen MR) is 265 cm³/mol. The molecule has 0 fully saturated rings. The van der Waals surface area contributed by atoms with Crippen molar-refractivity contribution in [2.45, 2.75) is 335 Å². The van der Waals surface area contributed by atoms with Crippen LogP contribution in [-0.4, -0.2) is 19.4 Å². The number of rotatable bonds is 54. The van der Waals surface area contributed by atoms with E-state index in [1.165, 1.54) is 328 Å². The normalized spacial score (nSPS) is 12.2. The molecule has 2 nitrogen and oxygen atoms in total. The summed E-state index contributed by atoms with van der Waals surface area (Å²) in [6.45, 7) is 7.01. The third-order valence-corrected chi connectivity index (χ3v) is 13.5. The maximum absolute atomic E-state index is 11.2. The van der Waals surface area contributed by atoms with Crippen LogP contribution >= 0.6 is 0 Å². The predicted octanol–water partition coefficient (Wildman–Crippen LogP) is 19.9. The molecule has 0 saturated heterocycles. The van der Waals surface area contributed by atoms with Crippen LogP contribution in [-0.2, 0) is 4.79 Å². The van der Waals surface area contributed by atoms with E-state index in [0.717, 1.165) is 12.8 Å². The third kappa shape index (κ3) is 51.8. The first-order valence-corrected chi connectivity index (χ1v) is 28.0. The lowest BCUT2D eigenvalue weighted by molar-refractivity contribution is -0.111. The second-order valence-corrected chi connectivity index (χ2v) is 19.5. The van der Waals surface area contributed by atoms with Crippen molar-refractivity contribution in [2.24, 2.45) is 5.92 Å². The van der Waals surface area contributed by atoms with E-state index in [1.54, 1.807) is 0 Å². The van der Waals surface area contributed by atoms with E-state index >= 15 is 0 Å². The summed E-state index contributed by atoms with van der Waals surface area (Å²) < 4.78 is 0. The molecule has 0 bridgehead atoms. The van der Waals surface area contributed by atoms with Gasteiger partial charge < -0.3 is 10.1 Å². The van der Waals surface area contributed by atoms with E-state index in [2.05, 4.69) is 19.2 Å². The number of nitrogens with one attached hydrogen (secondary N) is 1. The van der Waals surface area contributed by atoms with E-state index < -0.39 is 0 Å². The fourth-order valence-electron chi connectivity index (χ4n) is 9.28. The van der Waals surface area contributed by atoms with Crippen LogP contribution in [0.25, 0.3) is 0 Å². The minimum atomic E-state index is 0.334. The number of hydrogen-bond acceptors (Lipinski definition) is 2. The van der Waals surface area contributed by atoms with E-state index in [9.17, 15) is 4.79 Å². The molecule has 0 spiro atoms. The molecule has 0 saturated carbocycles. The molecule has 348 valence electrons. The summed E-state index contributed by atoms with van der Waals surface area (Å²) in [6.07, 6.45) is 72.6. The molecule has 2 heteroatoms. The summed E-state index contributed by atoms with van der Waals surface area (Å²) in [4.78, 5) is 11.2. The summed E-state index contributed by atoms with van der Waals surface area (Å²) in [5, 5.41) is 3.71. The van der Waals surface area contributed by atoms with Gasteiger partial charge in [0.15, 0.2) is 0 Å². The molecule has 0 aromatic rings. The van der Waals surface area contributed by atoms with Gasteiger partial charge in [-0.25, -0.2) is 0 Å².